The number of hydrogen-bond acceptors (Lipinski definition) is 14. The molecule has 17 nitrogen and oxygen atoms in total. The number of anilines is 4. The first-order chi connectivity index (χ1) is 46.8. The Kier molecular flexibility index (Phi) is 40.5. The molecule has 4 aromatic carbocycles. The summed E-state index contributed by atoms with van der Waals surface area (Å²) in [6.07, 6.45) is 30.9. The highest BCUT2D eigenvalue weighted by Gasteiger charge is 2.31. The van der Waals surface area contributed by atoms with Crippen molar-refractivity contribution in [3.63, 3.8) is 0 Å². The molecule has 0 spiro atoms. The van der Waals surface area contributed by atoms with Crippen molar-refractivity contribution in [2.75, 3.05) is 46.6 Å². The van der Waals surface area contributed by atoms with Crippen LogP contribution < -0.4 is 25.8 Å². The van der Waals surface area contributed by atoms with Crippen LogP contribution >= 0.6 is 31.9 Å². The number of hydrogen-bond donors (Lipinski definition) is 2. The summed E-state index contributed by atoms with van der Waals surface area (Å²) < 4.78 is 13.8. The summed E-state index contributed by atoms with van der Waals surface area (Å²) in [5, 5.41) is 36.9. The van der Waals surface area contributed by atoms with Gasteiger partial charge in [-0.1, -0.05) is 189 Å². The molecule has 4 aromatic rings. The minimum atomic E-state index is -0.821. The van der Waals surface area contributed by atoms with E-state index in [0.29, 0.717) is 52.5 Å². The van der Waals surface area contributed by atoms with Crippen LogP contribution in [-0.4, -0.2) is 82.5 Å². The van der Waals surface area contributed by atoms with Gasteiger partial charge in [0, 0.05) is 77.4 Å². The number of nitro benzene ring substituents is 3. The molecule has 0 saturated heterocycles. The van der Waals surface area contributed by atoms with Crippen molar-refractivity contribution in [2.45, 2.75) is 262 Å². The van der Waals surface area contributed by atoms with Gasteiger partial charge >= 0.3 is 5.69 Å². The molecule has 0 aromatic heterocycles. The number of nitro groups is 3. The molecule has 0 aliphatic heterocycles. The normalized spacial score (nSPS) is 15.7. The molecule has 0 radical (unpaired) electrons. The Morgan fingerprint density at radius 3 is 1.29 bits per heavy atom. The average Bonchev–Trinajstić information content (AvgIpc) is 0.823. The quantitative estimate of drug-likeness (QED) is 0.0288. The van der Waals surface area contributed by atoms with Crippen molar-refractivity contribution in [3.05, 3.63) is 147 Å². The summed E-state index contributed by atoms with van der Waals surface area (Å²) in [5.74, 6) is 2.01. The number of carbonyl (C=O) groups is 3. The number of benzene rings is 4. The Morgan fingerprint density at radius 1 is 0.535 bits per heavy atom. The van der Waals surface area contributed by atoms with Crippen LogP contribution in [0.4, 0.5) is 44.2 Å². The van der Waals surface area contributed by atoms with Gasteiger partial charge < -0.3 is 30.5 Å². The van der Waals surface area contributed by atoms with E-state index in [1.165, 1.54) is 153 Å². The maximum Gasteiger partial charge on any atom is 0.305 e. The zero-order valence-corrected chi connectivity index (χ0v) is 65.3. The molecule has 4 saturated carbocycles. The molecule has 1 unspecified atom stereocenters. The Bertz CT molecular complexity index is 3210. The number of ketones is 3. The maximum atomic E-state index is 12.6. The molecule has 3 N–H and O–H groups in total. The summed E-state index contributed by atoms with van der Waals surface area (Å²) in [5.41, 5.74) is 12.4. The molecular formula is C79H119Br2FN8O9. The van der Waals surface area contributed by atoms with E-state index in [1.807, 2.05) is 38.1 Å². The standard InChI is InChI=1S/C21H30N2O3.C21H34N2O.C16H23BrN2O2.C10H21N.C6H3BrFNO2.C5H8O/c1-15(2)14-22(19-8-6-5-7-9-19)20-11-10-18(13-21(20)23(25)26)16(3)12-17(4)24;1-15(2)14-23(19-8-6-5-7-9-19)21-11-10-18(13-20(21)22)16(3)12-17(4)24;1-12(2)11-18(14-6-4-3-5-7-14)15-9-8-13(17)10-16(15)19(20)21;1-9(2)8-11-10-6-4-3-5-7-10;7-4-1-2-5(8)6(3-4)9(10)11;1-3-4-5(2)6/h10-13,15,19H,5-9,14H2,1-4H3;10-11,13,15-16,19H,5-9,12,14,22H2,1-4H3;8-10,12,14H,3-7,11H2,1-2H3;9-11H,3-8H2,1-2H3;1-3H;3-4H,1-2H3/b16-12+;;;;;4-3+. The van der Waals surface area contributed by atoms with Gasteiger partial charge in [0.05, 0.1) is 26.1 Å². The first-order valence-corrected chi connectivity index (χ1v) is 38.0. The Hall–Kier alpha value is -6.38. The largest absolute Gasteiger partial charge is 0.397 e. The first-order valence-electron chi connectivity index (χ1n) is 36.4. The predicted octanol–water partition coefficient (Wildman–Crippen LogP) is 21.9. The number of nitrogen functional groups attached to an aromatic ring is 1. The van der Waals surface area contributed by atoms with Crippen LogP contribution in [0.3, 0.4) is 0 Å². The van der Waals surface area contributed by atoms with Gasteiger partial charge in [0.1, 0.15) is 17.2 Å². The number of allylic oxidation sites excluding steroid dienone is 4. The van der Waals surface area contributed by atoms with Gasteiger partial charge in [0.15, 0.2) is 11.6 Å². The summed E-state index contributed by atoms with van der Waals surface area (Å²) >= 11 is 6.33. The van der Waals surface area contributed by atoms with Gasteiger partial charge in [-0.25, -0.2) is 0 Å². The second-order valence-corrected chi connectivity index (χ2v) is 30.9. The van der Waals surface area contributed by atoms with E-state index in [-0.39, 0.29) is 44.5 Å². The second kappa shape index (κ2) is 46.2. The number of carbonyl (C=O) groups excluding carboxylic acids is 3. The number of rotatable bonds is 24. The van der Waals surface area contributed by atoms with Crippen molar-refractivity contribution in [2.24, 2.45) is 23.7 Å². The molecule has 550 valence electrons. The summed E-state index contributed by atoms with van der Waals surface area (Å²) in [4.78, 5) is 71.7. The topological polar surface area (TPSA) is 228 Å². The minimum absolute atomic E-state index is 0.0575. The van der Waals surface area contributed by atoms with Crippen molar-refractivity contribution in [1.29, 1.82) is 0 Å². The van der Waals surface area contributed by atoms with E-state index in [4.69, 9.17) is 5.73 Å². The fraction of sp³-hybridized carbons (Fsp3) is 0.608. The zero-order chi connectivity index (χ0) is 73.9. The highest BCUT2D eigenvalue weighted by Crippen LogP contribution is 2.39. The lowest BCUT2D eigenvalue weighted by Gasteiger charge is -2.38. The van der Waals surface area contributed by atoms with E-state index < -0.39 is 16.4 Å². The molecule has 20 heteroatoms. The third kappa shape index (κ3) is 32.9. The highest BCUT2D eigenvalue weighted by molar-refractivity contribution is 9.10. The highest BCUT2D eigenvalue weighted by atomic mass is 79.9. The Morgan fingerprint density at radius 2 is 0.929 bits per heavy atom. The fourth-order valence-electron chi connectivity index (χ4n) is 13.4. The average molecular weight is 1500 g/mol. The van der Waals surface area contributed by atoms with Gasteiger partial charge in [-0.2, -0.15) is 4.39 Å². The van der Waals surface area contributed by atoms with Gasteiger partial charge in [-0.15, -0.1) is 0 Å². The van der Waals surface area contributed by atoms with E-state index >= 15 is 0 Å². The van der Waals surface area contributed by atoms with Crippen LogP contribution in [0.1, 0.15) is 249 Å². The second-order valence-electron chi connectivity index (χ2n) is 29.0. The van der Waals surface area contributed by atoms with Crippen LogP contribution in [0.2, 0.25) is 0 Å². The van der Waals surface area contributed by atoms with Crippen LogP contribution in [0.15, 0.2) is 100.0 Å². The van der Waals surface area contributed by atoms with Crippen molar-refractivity contribution >= 4 is 94.6 Å². The van der Waals surface area contributed by atoms with Crippen LogP contribution in [0, 0.1) is 59.8 Å². The smallest absolute Gasteiger partial charge is 0.305 e. The van der Waals surface area contributed by atoms with Crippen LogP contribution in [0.25, 0.3) is 5.57 Å². The molecule has 99 heavy (non-hydrogen) atoms. The monoisotopic (exact) mass is 1500 g/mol. The summed E-state index contributed by atoms with van der Waals surface area (Å²) in [6.45, 7) is 32.1. The van der Waals surface area contributed by atoms with Gasteiger partial charge in [0.25, 0.3) is 11.4 Å². The van der Waals surface area contributed by atoms with Crippen molar-refractivity contribution < 1.29 is 33.5 Å². The molecule has 0 amide bonds. The van der Waals surface area contributed by atoms with Crippen LogP contribution in [-0.2, 0) is 14.4 Å². The van der Waals surface area contributed by atoms with Crippen molar-refractivity contribution in [3.8, 4) is 0 Å². The summed E-state index contributed by atoms with van der Waals surface area (Å²) in [7, 11) is 0. The minimum Gasteiger partial charge on any atom is -0.397 e. The fourth-order valence-corrected chi connectivity index (χ4v) is 14.1. The van der Waals surface area contributed by atoms with Gasteiger partial charge in [-0.3, -0.25) is 39.9 Å². The maximum absolute atomic E-state index is 12.6. The molecule has 4 fully saturated rings. The first kappa shape index (κ1) is 86.8. The third-order valence-corrected chi connectivity index (χ3v) is 19.0. The van der Waals surface area contributed by atoms with E-state index in [0.717, 1.165) is 96.4 Å². The Balaban J connectivity index is 0.000000325. The third-order valence-electron chi connectivity index (χ3n) is 18.0. The molecule has 4 aliphatic rings. The number of halogens is 3. The predicted molar refractivity (Wildman–Crippen MR) is 416 cm³/mol. The molecule has 0 bridgehead atoms. The van der Waals surface area contributed by atoms with Gasteiger partial charge in [-0.05, 0) is 193 Å². The number of nitrogens with one attached hydrogen (secondary N) is 1. The Labute approximate surface area is 609 Å². The van der Waals surface area contributed by atoms with E-state index in [2.05, 4.69) is 132 Å². The van der Waals surface area contributed by atoms with E-state index in [1.54, 1.807) is 25.1 Å². The lowest BCUT2D eigenvalue weighted by Crippen LogP contribution is -2.39. The SMILES string of the molecule is C/C=C/C(C)=O.CC(=O)/C=C(\C)c1ccc(N(CC(C)C)C2CCCCC2)c([N+](=O)[O-])c1.CC(=O)CC(C)c1ccc(N(CC(C)C)C2CCCCC2)c(N)c1.CC(C)CN(c1ccc(Br)cc1[N+](=O)[O-])C1CCCCC1.CC(C)CNC1CCCCC1.O=[N+]([O-])c1cc(Br)ccc1F. The molecular weight excluding hydrogens is 1380 g/mol. The lowest BCUT2D eigenvalue weighted by molar-refractivity contribution is -0.387. The van der Waals surface area contributed by atoms with Gasteiger partial charge in [0.2, 0.25) is 5.82 Å². The molecule has 4 aliphatic carbocycles. The van der Waals surface area contributed by atoms with E-state index in [9.17, 15) is 49.1 Å². The molecule has 0 heterocycles. The zero-order valence-electron chi connectivity index (χ0n) is 62.1. The number of Topliss-reactive ketones (excluding diaryl/α,β-unsaturated/α-hetero) is 1. The summed E-state index contributed by atoms with van der Waals surface area (Å²) in [6, 6.07) is 23.0. The number of nitrogens with zero attached hydrogens (tertiary/aromatic N) is 6. The van der Waals surface area contributed by atoms with Crippen molar-refractivity contribution in [1.82, 2.24) is 5.32 Å². The van der Waals surface area contributed by atoms with Crippen LogP contribution in [0.5, 0.6) is 0 Å². The number of nitrogens with two attached hydrogens (primary N) is 1. The molecule has 8 rings (SSSR count). The molecule has 1 atom stereocenters. The lowest BCUT2D eigenvalue weighted by atomic mass is 9.92.